The molecule has 1 aliphatic heterocycles. The molecule has 0 radical (unpaired) electrons. The maximum atomic E-state index is 5.43. The highest BCUT2D eigenvalue weighted by molar-refractivity contribution is 5.68. The van der Waals surface area contributed by atoms with Gasteiger partial charge in [0.25, 0.3) is 0 Å². The summed E-state index contributed by atoms with van der Waals surface area (Å²) in [6, 6.07) is 15.7. The first-order valence-electron chi connectivity index (χ1n) is 11.6. The van der Waals surface area contributed by atoms with Gasteiger partial charge in [-0.15, -0.1) is 0 Å². The molecular weight excluding hydrogens is 366 g/mol. The van der Waals surface area contributed by atoms with E-state index in [9.17, 15) is 0 Å². The van der Waals surface area contributed by atoms with E-state index < -0.39 is 0 Å². The van der Waals surface area contributed by atoms with Gasteiger partial charge in [-0.25, -0.2) is 0 Å². The van der Waals surface area contributed by atoms with Crippen molar-refractivity contribution >= 4 is 5.70 Å². The van der Waals surface area contributed by atoms with Crippen molar-refractivity contribution in [2.24, 2.45) is 0 Å². The van der Waals surface area contributed by atoms with E-state index in [4.69, 9.17) is 4.74 Å². The normalized spacial score (nSPS) is 12.8. The lowest BCUT2D eigenvalue weighted by Gasteiger charge is -2.15. The Morgan fingerprint density at radius 3 is 2.20 bits per heavy atom. The summed E-state index contributed by atoms with van der Waals surface area (Å²) in [5, 5.41) is 3.45. The van der Waals surface area contributed by atoms with Crippen molar-refractivity contribution < 1.29 is 4.74 Å². The summed E-state index contributed by atoms with van der Waals surface area (Å²) < 4.78 is 5.43. The molecule has 0 bridgehead atoms. The predicted octanol–water partition coefficient (Wildman–Crippen LogP) is 7.13. The van der Waals surface area contributed by atoms with E-state index in [2.05, 4.69) is 73.8 Å². The van der Waals surface area contributed by atoms with Crippen molar-refractivity contribution in [2.75, 3.05) is 13.7 Å². The lowest BCUT2D eigenvalue weighted by atomic mass is 10.00. The van der Waals surface area contributed by atoms with Gasteiger partial charge in [-0.2, -0.15) is 0 Å². The Morgan fingerprint density at radius 1 is 0.900 bits per heavy atom. The second-order valence-electron chi connectivity index (χ2n) is 7.64. The van der Waals surface area contributed by atoms with Gasteiger partial charge in [0.05, 0.1) is 7.11 Å². The summed E-state index contributed by atoms with van der Waals surface area (Å²) in [5.74, 6) is 1.01. The van der Waals surface area contributed by atoms with Gasteiger partial charge in [-0.05, 0) is 73.4 Å². The van der Waals surface area contributed by atoms with Crippen LogP contribution in [0.3, 0.4) is 0 Å². The molecule has 0 atom stereocenters. The van der Waals surface area contributed by atoms with Crippen LogP contribution in [0.2, 0.25) is 0 Å². The molecule has 2 nitrogen and oxygen atoms in total. The number of ether oxygens (including phenoxy) is 1. The molecule has 1 aliphatic rings. The second-order valence-corrected chi connectivity index (χ2v) is 7.64. The Morgan fingerprint density at radius 2 is 1.57 bits per heavy atom. The highest BCUT2D eigenvalue weighted by Crippen LogP contribution is 2.22. The summed E-state index contributed by atoms with van der Waals surface area (Å²) in [7, 11) is 1.75. The predicted molar refractivity (Wildman–Crippen MR) is 131 cm³/mol. The van der Waals surface area contributed by atoms with E-state index in [1.807, 2.05) is 13.8 Å². The monoisotopic (exact) mass is 405 g/mol. The molecule has 162 valence electrons. The minimum atomic E-state index is 0.924. The lowest BCUT2D eigenvalue weighted by Crippen LogP contribution is -2.15. The largest absolute Gasteiger partial charge is 0.496 e. The Labute approximate surface area is 184 Å². The van der Waals surface area contributed by atoms with Crippen LogP contribution < -0.4 is 10.1 Å². The van der Waals surface area contributed by atoms with Crippen molar-refractivity contribution in [3.8, 4) is 5.75 Å². The minimum Gasteiger partial charge on any atom is -0.496 e. The first-order valence-corrected chi connectivity index (χ1v) is 11.6. The molecule has 0 saturated heterocycles. The molecule has 0 spiro atoms. The number of rotatable bonds is 9. The molecule has 0 aromatic heterocycles. The van der Waals surface area contributed by atoms with Crippen LogP contribution in [0.4, 0.5) is 0 Å². The van der Waals surface area contributed by atoms with Gasteiger partial charge in [0.15, 0.2) is 0 Å². The molecule has 30 heavy (non-hydrogen) atoms. The molecule has 2 heteroatoms. The Kier molecular flexibility index (Phi) is 10.3. The van der Waals surface area contributed by atoms with Crippen LogP contribution in [0.5, 0.6) is 5.75 Å². The third kappa shape index (κ3) is 7.09. The summed E-state index contributed by atoms with van der Waals surface area (Å²) >= 11 is 0. The first kappa shape index (κ1) is 23.8. The number of dihydropyridines is 1. The molecule has 2 aromatic carbocycles. The summed E-state index contributed by atoms with van der Waals surface area (Å²) in [5.41, 5.74) is 8.03. The van der Waals surface area contributed by atoms with Crippen LogP contribution in [-0.2, 0) is 19.3 Å². The molecule has 0 amide bonds. The second kappa shape index (κ2) is 13.0. The number of methoxy groups -OCH3 is 1. The van der Waals surface area contributed by atoms with E-state index in [0.29, 0.717) is 0 Å². The quantitative estimate of drug-likeness (QED) is 0.448. The fraction of sp³-hybridized carbons (Fsp3) is 0.429. The van der Waals surface area contributed by atoms with E-state index >= 15 is 0 Å². The third-order valence-electron chi connectivity index (χ3n) is 5.51. The van der Waals surface area contributed by atoms with Crippen molar-refractivity contribution in [3.05, 3.63) is 82.4 Å². The highest BCUT2D eigenvalue weighted by Gasteiger charge is 2.05. The summed E-state index contributed by atoms with van der Waals surface area (Å²) in [6.45, 7) is 9.27. The molecule has 1 N–H and O–H groups in total. The van der Waals surface area contributed by atoms with Crippen LogP contribution >= 0.6 is 0 Å². The summed E-state index contributed by atoms with van der Waals surface area (Å²) in [4.78, 5) is 0. The number of benzene rings is 2. The van der Waals surface area contributed by atoms with Gasteiger partial charge in [-0.1, -0.05) is 75.2 Å². The Balaban J connectivity index is 0.00000155. The number of hydrogen-bond donors (Lipinski definition) is 1. The maximum Gasteiger partial charge on any atom is 0.122 e. The molecule has 3 rings (SSSR count). The lowest BCUT2D eigenvalue weighted by molar-refractivity contribution is 0.410. The van der Waals surface area contributed by atoms with Crippen LogP contribution in [-0.4, -0.2) is 13.7 Å². The fourth-order valence-electron chi connectivity index (χ4n) is 3.79. The Hall–Kier alpha value is -2.48. The number of hydrogen-bond acceptors (Lipinski definition) is 2. The van der Waals surface area contributed by atoms with E-state index in [0.717, 1.165) is 31.6 Å². The molecule has 2 aromatic rings. The third-order valence-corrected chi connectivity index (χ3v) is 5.51. The standard InChI is InChI=1S/C26H33NO.C2H6/c1-4-23-19-22(12-15-26(23)28-3)9-7-5-6-8-21-10-13-24(14-11-21)25-18-20(2)16-17-27-25;1-2/h10-16,18-19,27H,4-9,17H2,1-3H3;1-2H3. The molecule has 0 fully saturated rings. The number of unbranched alkanes of at least 4 members (excludes halogenated alkanes) is 2. The average molecular weight is 406 g/mol. The van der Waals surface area contributed by atoms with Crippen LogP contribution in [0.1, 0.15) is 69.2 Å². The number of nitrogens with one attached hydrogen (secondary N) is 1. The van der Waals surface area contributed by atoms with Gasteiger partial charge in [-0.3, -0.25) is 0 Å². The average Bonchev–Trinajstić information content (AvgIpc) is 2.80. The van der Waals surface area contributed by atoms with Gasteiger partial charge < -0.3 is 10.1 Å². The van der Waals surface area contributed by atoms with E-state index in [-0.39, 0.29) is 0 Å². The van der Waals surface area contributed by atoms with Crippen LogP contribution in [0, 0.1) is 0 Å². The number of allylic oxidation sites excluding steroid dienone is 2. The van der Waals surface area contributed by atoms with E-state index in [1.165, 1.54) is 52.8 Å². The SMILES string of the molecule is CC.CCc1cc(CCCCCc2ccc(C3=CC(C)=CCN3)cc2)ccc1OC. The smallest absolute Gasteiger partial charge is 0.122 e. The maximum absolute atomic E-state index is 5.43. The highest BCUT2D eigenvalue weighted by atomic mass is 16.5. The number of aryl methyl sites for hydroxylation is 3. The fourth-order valence-corrected chi connectivity index (χ4v) is 3.79. The van der Waals surface area contributed by atoms with Gasteiger partial charge in [0, 0.05) is 12.2 Å². The van der Waals surface area contributed by atoms with Crippen molar-refractivity contribution in [2.45, 2.75) is 66.2 Å². The summed E-state index contributed by atoms with van der Waals surface area (Å²) in [6.07, 6.45) is 11.5. The zero-order valence-electron chi connectivity index (χ0n) is 19.6. The molecule has 0 saturated carbocycles. The topological polar surface area (TPSA) is 21.3 Å². The first-order chi connectivity index (χ1) is 14.7. The van der Waals surface area contributed by atoms with Crippen molar-refractivity contribution in [3.63, 3.8) is 0 Å². The van der Waals surface area contributed by atoms with E-state index in [1.54, 1.807) is 7.11 Å². The van der Waals surface area contributed by atoms with Gasteiger partial charge in [0.2, 0.25) is 0 Å². The van der Waals surface area contributed by atoms with Gasteiger partial charge >= 0.3 is 0 Å². The molecular formula is C28H39NO. The van der Waals surface area contributed by atoms with Crippen LogP contribution in [0.25, 0.3) is 5.70 Å². The molecule has 0 unspecified atom stereocenters. The zero-order valence-corrected chi connectivity index (χ0v) is 19.6. The Bertz CT molecular complexity index is 830. The van der Waals surface area contributed by atoms with Gasteiger partial charge in [0.1, 0.15) is 5.75 Å². The van der Waals surface area contributed by atoms with Crippen molar-refractivity contribution in [1.82, 2.24) is 5.32 Å². The van der Waals surface area contributed by atoms with Crippen LogP contribution in [0.15, 0.2) is 60.2 Å². The molecule has 0 aliphatic carbocycles. The van der Waals surface area contributed by atoms with Crippen molar-refractivity contribution in [1.29, 1.82) is 0 Å². The minimum absolute atomic E-state index is 0.924. The zero-order chi connectivity index (χ0) is 21.8. The molecule has 1 heterocycles.